The highest BCUT2D eigenvalue weighted by atomic mass is 35.5. The van der Waals surface area contributed by atoms with Gasteiger partial charge in [0.1, 0.15) is 5.69 Å². The van der Waals surface area contributed by atoms with E-state index >= 15 is 0 Å². The third kappa shape index (κ3) is 3.57. The summed E-state index contributed by atoms with van der Waals surface area (Å²) in [6.45, 7) is 3.90. The van der Waals surface area contributed by atoms with Crippen LogP contribution in [0.5, 0.6) is 0 Å². The summed E-state index contributed by atoms with van der Waals surface area (Å²) in [5.74, 6) is -0.390. The maximum atomic E-state index is 12.0. The molecule has 0 heterocycles. The van der Waals surface area contributed by atoms with E-state index in [4.69, 9.17) is 17.3 Å². The van der Waals surface area contributed by atoms with E-state index in [0.29, 0.717) is 0 Å². The second-order valence-corrected chi connectivity index (χ2v) is 4.54. The van der Waals surface area contributed by atoms with Gasteiger partial charge in [0, 0.05) is 17.7 Å². The standard InChI is InChI=1S/C12H16ClN3O3/c1-3-8(4-2)15-12(17)7-5-9(13)11(14)10(6-7)16(18)19/h5-6,8H,3-4,14H2,1-2H3,(H,15,17). The van der Waals surface area contributed by atoms with Gasteiger partial charge in [0.2, 0.25) is 0 Å². The number of carbonyl (C=O) groups excluding carboxylic acids is 1. The average molecular weight is 286 g/mol. The minimum atomic E-state index is -0.658. The SMILES string of the molecule is CCC(CC)NC(=O)c1cc(Cl)c(N)c([N+](=O)[O-])c1. The first-order chi connectivity index (χ1) is 8.90. The summed E-state index contributed by atoms with van der Waals surface area (Å²) in [7, 11) is 0. The quantitative estimate of drug-likeness (QED) is 0.494. The Morgan fingerprint density at radius 3 is 2.53 bits per heavy atom. The Labute approximate surface area is 116 Å². The second-order valence-electron chi connectivity index (χ2n) is 4.13. The lowest BCUT2D eigenvalue weighted by atomic mass is 10.1. The number of nitrogen functional groups attached to an aromatic ring is 1. The molecule has 0 unspecified atom stereocenters. The van der Waals surface area contributed by atoms with Gasteiger partial charge in [-0.05, 0) is 18.9 Å². The Kier molecular flexibility index (Phi) is 5.11. The van der Waals surface area contributed by atoms with Gasteiger partial charge in [-0.2, -0.15) is 0 Å². The molecule has 0 aliphatic carbocycles. The lowest BCUT2D eigenvalue weighted by Gasteiger charge is -2.15. The first kappa shape index (κ1) is 15.2. The monoisotopic (exact) mass is 285 g/mol. The van der Waals surface area contributed by atoms with Crippen molar-refractivity contribution in [3.63, 3.8) is 0 Å². The maximum absolute atomic E-state index is 12.0. The van der Waals surface area contributed by atoms with Gasteiger partial charge in [0.05, 0.1) is 9.95 Å². The summed E-state index contributed by atoms with van der Waals surface area (Å²) < 4.78 is 0. The number of nitro groups is 1. The molecule has 104 valence electrons. The van der Waals surface area contributed by atoms with Crippen molar-refractivity contribution in [2.75, 3.05) is 5.73 Å². The van der Waals surface area contributed by atoms with Crippen molar-refractivity contribution in [2.45, 2.75) is 32.7 Å². The third-order valence-electron chi connectivity index (χ3n) is 2.89. The summed E-state index contributed by atoms with van der Waals surface area (Å²) in [6.07, 6.45) is 1.57. The fourth-order valence-electron chi connectivity index (χ4n) is 1.65. The number of benzene rings is 1. The highest BCUT2D eigenvalue weighted by Gasteiger charge is 2.20. The molecule has 0 bridgehead atoms. The molecule has 0 radical (unpaired) electrons. The predicted octanol–water partition coefficient (Wildman–Crippen LogP) is 2.75. The van der Waals surface area contributed by atoms with Crippen molar-refractivity contribution in [1.82, 2.24) is 5.32 Å². The zero-order chi connectivity index (χ0) is 14.6. The number of halogens is 1. The van der Waals surface area contributed by atoms with E-state index in [1.54, 1.807) is 0 Å². The summed E-state index contributed by atoms with van der Waals surface area (Å²) >= 11 is 5.80. The zero-order valence-corrected chi connectivity index (χ0v) is 11.5. The van der Waals surface area contributed by atoms with Crippen molar-refractivity contribution in [3.05, 3.63) is 32.8 Å². The van der Waals surface area contributed by atoms with Crippen LogP contribution in [-0.2, 0) is 0 Å². The van der Waals surface area contributed by atoms with Crippen LogP contribution in [0.1, 0.15) is 37.0 Å². The molecule has 1 rings (SSSR count). The van der Waals surface area contributed by atoms with E-state index in [-0.39, 0.29) is 28.0 Å². The molecule has 0 atom stereocenters. The zero-order valence-electron chi connectivity index (χ0n) is 10.8. The fraction of sp³-hybridized carbons (Fsp3) is 0.417. The van der Waals surface area contributed by atoms with Crippen LogP contribution in [-0.4, -0.2) is 16.9 Å². The number of nitrogens with zero attached hydrogens (tertiary/aromatic N) is 1. The molecule has 0 saturated carbocycles. The molecule has 19 heavy (non-hydrogen) atoms. The highest BCUT2D eigenvalue weighted by Crippen LogP contribution is 2.30. The molecule has 1 aromatic carbocycles. The van der Waals surface area contributed by atoms with E-state index < -0.39 is 10.8 Å². The topological polar surface area (TPSA) is 98.3 Å². The Bertz CT molecular complexity index is 501. The van der Waals surface area contributed by atoms with Crippen molar-refractivity contribution < 1.29 is 9.72 Å². The Balaban J connectivity index is 3.07. The smallest absolute Gasteiger partial charge is 0.294 e. The molecule has 0 spiro atoms. The lowest BCUT2D eigenvalue weighted by molar-refractivity contribution is -0.383. The van der Waals surface area contributed by atoms with Crippen LogP contribution in [0.3, 0.4) is 0 Å². The van der Waals surface area contributed by atoms with Gasteiger partial charge in [-0.25, -0.2) is 0 Å². The summed E-state index contributed by atoms with van der Waals surface area (Å²) in [5.41, 5.74) is 5.15. The Hall–Kier alpha value is -1.82. The number of carbonyl (C=O) groups is 1. The molecule has 6 nitrogen and oxygen atoms in total. The van der Waals surface area contributed by atoms with Crippen LogP contribution in [0.2, 0.25) is 5.02 Å². The minimum absolute atomic E-state index is 0.00361. The number of hydrogen-bond acceptors (Lipinski definition) is 4. The number of nitrogens with two attached hydrogens (primary N) is 1. The Morgan fingerprint density at radius 2 is 2.05 bits per heavy atom. The van der Waals surface area contributed by atoms with E-state index in [2.05, 4.69) is 5.32 Å². The molecule has 0 aromatic heterocycles. The van der Waals surface area contributed by atoms with Crippen LogP contribution in [0.25, 0.3) is 0 Å². The van der Waals surface area contributed by atoms with Gasteiger partial charge >= 0.3 is 0 Å². The molecule has 1 amide bonds. The van der Waals surface area contributed by atoms with Crippen molar-refractivity contribution in [2.24, 2.45) is 0 Å². The van der Waals surface area contributed by atoms with Crippen LogP contribution in [0.15, 0.2) is 12.1 Å². The second kappa shape index (κ2) is 6.38. The number of rotatable bonds is 5. The lowest BCUT2D eigenvalue weighted by Crippen LogP contribution is -2.33. The van der Waals surface area contributed by atoms with Gasteiger partial charge < -0.3 is 11.1 Å². The van der Waals surface area contributed by atoms with Crippen molar-refractivity contribution in [3.8, 4) is 0 Å². The van der Waals surface area contributed by atoms with E-state index in [0.717, 1.165) is 18.9 Å². The summed E-state index contributed by atoms with van der Waals surface area (Å²) in [5, 5.41) is 13.6. The maximum Gasteiger partial charge on any atom is 0.294 e. The number of anilines is 1. The summed E-state index contributed by atoms with van der Waals surface area (Å²) in [4.78, 5) is 22.1. The molecule has 1 aromatic rings. The fourth-order valence-corrected chi connectivity index (χ4v) is 1.86. The molecule has 0 fully saturated rings. The van der Waals surface area contributed by atoms with Gasteiger partial charge in [-0.1, -0.05) is 25.4 Å². The van der Waals surface area contributed by atoms with Gasteiger partial charge in [-0.3, -0.25) is 14.9 Å². The molecule has 0 aliphatic heterocycles. The number of hydrogen-bond donors (Lipinski definition) is 2. The van der Waals surface area contributed by atoms with Gasteiger partial charge in [-0.15, -0.1) is 0 Å². The molecule has 7 heteroatoms. The third-order valence-corrected chi connectivity index (χ3v) is 3.20. The van der Waals surface area contributed by atoms with Crippen molar-refractivity contribution >= 4 is 28.9 Å². The van der Waals surface area contributed by atoms with E-state index in [9.17, 15) is 14.9 Å². The van der Waals surface area contributed by atoms with Crippen LogP contribution in [0, 0.1) is 10.1 Å². The van der Waals surface area contributed by atoms with E-state index in [1.165, 1.54) is 6.07 Å². The molecular formula is C12H16ClN3O3. The molecule has 0 aliphatic rings. The molecule has 3 N–H and O–H groups in total. The normalized spacial score (nSPS) is 10.5. The number of nitro benzene ring substituents is 1. The summed E-state index contributed by atoms with van der Waals surface area (Å²) in [6, 6.07) is 2.50. The highest BCUT2D eigenvalue weighted by molar-refractivity contribution is 6.34. The van der Waals surface area contributed by atoms with Crippen LogP contribution < -0.4 is 11.1 Å². The molecular weight excluding hydrogens is 270 g/mol. The predicted molar refractivity (Wildman–Crippen MR) is 74.4 cm³/mol. The number of nitrogens with one attached hydrogen (secondary N) is 1. The first-order valence-electron chi connectivity index (χ1n) is 5.94. The van der Waals surface area contributed by atoms with E-state index in [1.807, 2.05) is 13.8 Å². The average Bonchev–Trinajstić information content (AvgIpc) is 2.38. The van der Waals surface area contributed by atoms with Crippen LogP contribution >= 0.6 is 11.6 Å². The largest absolute Gasteiger partial charge is 0.392 e. The van der Waals surface area contributed by atoms with Gasteiger partial charge in [0.25, 0.3) is 11.6 Å². The van der Waals surface area contributed by atoms with Gasteiger partial charge in [0.15, 0.2) is 0 Å². The van der Waals surface area contributed by atoms with Crippen molar-refractivity contribution in [1.29, 1.82) is 0 Å². The number of amides is 1. The minimum Gasteiger partial charge on any atom is -0.392 e. The Morgan fingerprint density at radius 1 is 1.47 bits per heavy atom. The first-order valence-corrected chi connectivity index (χ1v) is 6.32. The van der Waals surface area contributed by atoms with Crippen LogP contribution in [0.4, 0.5) is 11.4 Å². The molecule has 0 saturated heterocycles.